The van der Waals surface area contributed by atoms with Crippen LogP contribution in [0, 0.1) is 0 Å². The molecule has 0 bridgehead atoms. The summed E-state index contributed by atoms with van der Waals surface area (Å²) in [6.07, 6.45) is 59.3. The number of unbranched alkanes of at least 4 members (excludes halogenated alkanes) is 38. The van der Waals surface area contributed by atoms with Crippen LogP contribution >= 0.6 is 0 Å². The average Bonchev–Trinajstić information content (AvgIpc) is 3.36. The maximum absolute atomic E-state index is 13.1. The number of carbonyl (C=O) groups excluding carboxylic acids is 1. The van der Waals surface area contributed by atoms with Crippen molar-refractivity contribution < 1.29 is 39.8 Å². The van der Waals surface area contributed by atoms with E-state index in [1.165, 1.54) is 212 Å². The number of hydrogen-bond donors (Lipinski definition) is 6. The molecule has 0 spiro atoms. The van der Waals surface area contributed by atoms with E-state index in [0.717, 1.165) is 57.8 Å². The second-order valence-electron chi connectivity index (χ2n) is 21.1. The van der Waals surface area contributed by atoms with Crippen LogP contribution < -0.4 is 5.32 Å². The quantitative estimate of drug-likeness (QED) is 0.0261. The molecule has 0 aromatic heterocycles. The first-order chi connectivity index (χ1) is 34.3. The van der Waals surface area contributed by atoms with Gasteiger partial charge < -0.3 is 40.3 Å². The molecule has 0 aromatic carbocycles. The van der Waals surface area contributed by atoms with Gasteiger partial charge in [-0.3, -0.25) is 4.79 Å². The molecule has 1 heterocycles. The van der Waals surface area contributed by atoms with E-state index in [1.54, 1.807) is 6.08 Å². The molecule has 9 heteroatoms. The molecular weight excluding hydrogens is 875 g/mol. The van der Waals surface area contributed by atoms with Crippen LogP contribution in [0.3, 0.4) is 0 Å². The maximum atomic E-state index is 13.1. The fourth-order valence-corrected chi connectivity index (χ4v) is 9.66. The molecule has 1 aliphatic heterocycles. The van der Waals surface area contributed by atoms with Crippen molar-refractivity contribution in [2.45, 2.75) is 333 Å². The topological polar surface area (TPSA) is 149 Å². The molecule has 1 aliphatic rings. The highest BCUT2D eigenvalue weighted by molar-refractivity contribution is 5.76. The Bertz CT molecular complexity index is 1190. The SMILES string of the molecule is CCCCCCCCCCC/C=C\C/C=C\CCCCCCCCCC(=O)NC(COC1OC(CO)C(O)C(O)C1O)C(O)/C=C/CCCCCCCCCCCCCCCCCCCCCCCC. The number of ether oxygens (including phenoxy) is 2. The summed E-state index contributed by atoms with van der Waals surface area (Å²) in [6, 6.07) is -0.810. The molecule has 0 radical (unpaired) electrons. The van der Waals surface area contributed by atoms with Gasteiger partial charge in [0.2, 0.25) is 5.91 Å². The van der Waals surface area contributed by atoms with Crippen molar-refractivity contribution in [3.8, 4) is 0 Å². The second-order valence-corrected chi connectivity index (χ2v) is 21.1. The van der Waals surface area contributed by atoms with Gasteiger partial charge in [0.05, 0.1) is 25.4 Å². The fraction of sp³-hybridized carbons (Fsp3) is 0.885. The Balaban J connectivity index is 2.22. The molecule has 0 saturated carbocycles. The van der Waals surface area contributed by atoms with Gasteiger partial charge in [-0.25, -0.2) is 0 Å². The lowest BCUT2D eigenvalue weighted by molar-refractivity contribution is -0.302. The maximum Gasteiger partial charge on any atom is 0.220 e. The van der Waals surface area contributed by atoms with Crippen LogP contribution in [0.25, 0.3) is 0 Å². The summed E-state index contributed by atoms with van der Waals surface area (Å²) < 4.78 is 11.3. The van der Waals surface area contributed by atoms with Crippen LogP contribution in [0.1, 0.15) is 290 Å². The van der Waals surface area contributed by atoms with Crippen molar-refractivity contribution >= 4 is 5.91 Å². The number of amides is 1. The first-order valence-corrected chi connectivity index (χ1v) is 30.2. The second kappa shape index (κ2) is 50.9. The van der Waals surface area contributed by atoms with Gasteiger partial charge >= 0.3 is 0 Å². The molecule has 1 saturated heterocycles. The number of rotatable bonds is 52. The summed E-state index contributed by atoms with van der Waals surface area (Å²) in [4.78, 5) is 13.1. The van der Waals surface area contributed by atoms with Gasteiger partial charge in [0, 0.05) is 6.42 Å². The summed E-state index contributed by atoms with van der Waals surface area (Å²) in [5.41, 5.74) is 0. The minimum absolute atomic E-state index is 0.181. The molecule has 9 nitrogen and oxygen atoms in total. The molecule has 6 N–H and O–H groups in total. The summed E-state index contributed by atoms with van der Waals surface area (Å²) in [6.45, 7) is 3.81. The third-order valence-corrected chi connectivity index (χ3v) is 14.5. The van der Waals surface area contributed by atoms with Crippen LogP contribution in [0.5, 0.6) is 0 Å². The zero-order chi connectivity index (χ0) is 50.8. The van der Waals surface area contributed by atoms with E-state index in [0.29, 0.717) is 6.42 Å². The lowest BCUT2D eigenvalue weighted by Crippen LogP contribution is -2.60. The van der Waals surface area contributed by atoms with Gasteiger partial charge in [-0.2, -0.15) is 0 Å². The van der Waals surface area contributed by atoms with Crippen LogP contribution in [-0.4, -0.2) is 87.5 Å². The molecule has 412 valence electrons. The molecule has 0 aliphatic carbocycles. The molecule has 0 aromatic rings. The molecule has 1 rings (SSSR count). The number of carbonyl (C=O) groups is 1. The minimum Gasteiger partial charge on any atom is -0.394 e. The number of aliphatic hydroxyl groups excluding tert-OH is 5. The summed E-state index contributed by atoms with van der Waals surface area (Å²) in [5, 5.41) is 54.6. The van der Waals surface area contributed by atoms with Crippen molar-refractivity contribution in [3.05, 3.63) is 36.5 Å². The Labute approximate surface area is 431 Å². The highest BCUT2D eigenvalue weighted by atomic mass is 16.7. The summed E-state index contributed by atoms with van der Waals surface area (Å²) in [7, 11) is 0. The lowest BCUT2D eigenvalue weighted by Gasteiger charge is -2.40. The third kappa shape index (κ3) is 39.9. The smallest absolute Gasteiger partial charge is 0.220 e. The van der Waals surface area contributed by atoms with E-state index in [9.17, 15) is 30.3 Å². The van der Waals surface area contributed by atoms with Gasteiger partial charge in [-0.15, -0.1) is 0 Å². The van der Waals surface area contributed by atoms with Crippen LogP contribution in [0.15, 0.2) is 36.5 Å². The van der Waals surface area contributed by atoms with Crippen molar-refractivity contribution in [1.82, 2.24) is 5.32 Å². The zero-order valence-electron chi connectivity index (χ0n) is 45.8. The number of allylic oxidation sites excluding steroid dienone is 5. The highest BCUT2D eigenvalue weighted by Crippen LogP contribution is 2.23. The van der Waals surface area contributed by atoms with Crippen LogP contribution in [0.2, 0.25) is 0 Å². The standard InChI is InChI=1S/C61H115NO8/c1-3-5-7-9-11-13-15-17-19-21-23-25-27-29-30-32-34-36-38-40-42-44-46-48-50-55(64)54(53-69-61-60(68)59(67)58(66)56(52-63)70-61)62-57(65)51-49-47-45-43-41-39-37-35-33-31-28-26-24-22-20-18-16-14-12-10-8-6-4-2/h24,26,31,33,48,50,54-56,58-61,63-64,66-68H,3-23,25,27-30,32,34-47,49,51-53H2,1-2H3,(H,62,65)/b26-24-,33-31-,50-48+. The highest BCUT2D eigenvalue weighted by Gasteiger charge is 2.44. The molecule has 1 fully saturated rings. The zero-order valence-corrected chi connectivity index (χ0v) is 45.8. The Kier molecular flexibility index (Phi) is 48.3. The average molecular weight is 991 g/mol. The van der Waals surface area contributed by atoms with E-state index < -0.39 is 49.5 Å². The van der Waals surface area contributed by atoms with Gasteiger partial charge in [0.25, 0.3) is 0 Å². The van der Waals surface area contributed by atoms with Gasteiger partial charge in [-0.1, -0.05) is 269 Å². The molecule has 7 atom stereocenters. The lowest BCUT2D eigenvalue weighted by atomic mass is 9.99. The Morgan fingerprint density at radius 3 is 1.23 bits per heavy atom. The summed E-state index contributed by atoms with van der Waals surface area (Å²) >= 11 is 0. The van der Waals surface area contributed by atoms with Crippen molar-refractivity contribution in [2.75, 3.05) is 13.2 Å². The summed E-state index contributed by atoms with van der Waals surface area (Å²) in [5.74, 6) is -0.181. The normalized spacial score (nSPS) is 19.6. The van der Waals surface area contributed by atoms with Gasteiger partial charge in [0.1, 0.15) is 24.4 Å². The first-order valence-electron chi connectivity index (χ1n) is 30.2. The predicted molar refractivity (Wildman–Crippen MR) is 295 cm³/mol. The van der Waals surface area contributed by atoms with E-state index in [-0.39, 0.29) is 12.5 Å². The number of hydrogen-bond acceptors (Lipinski definition) is 8. The molecule has 70 heavy (non-hydrogen) atoms. The Morgan fingerprint density at radius 1 is 0.486 bits per heavy atom. The van der Waals surface area contributed by atoms with E-state index in [2.05, 4.69) is 43.5 Å². The molecule has 7 unspecified atom stereocenters. The minimum atomic E-state index is -1.57. The Hall–Kier alpha value is -1.59. The monoisotopic (exact) mass is 990 g/mol. The van der Waals surface area contributed by atoms with Crippen molar-refractivity contribution in [3.63, 3.8) is 0 Å². The van der Waals surface area contributed by atoms with Crippen LogP contribution in [0.4, 0.5) is 0 Å². The van der Waals surface area contributed by atoms with Crippen LogP contribution in [-0.2, 0) is 14.3 Å². The number of aliphatic hydroxyl groups is 5. The molecular formula is C61H115NO8. The predicted octanol–water partition coefficient (Wildman–Crippen LogP) is 15.1. The van der Waals surface area contributed by atoms with E-state index in [4.69, 9.17) is 9.47 Å². The molecule has 1 amide bonds. The van der Waals surface area contributed by atoms with Gasteiger partial charge in [0.15, 0.2) is 6.29 Å². The Morgan fingerprint density at radius 2 is 0.843 bits per heavy atom. The largest absolute Gasteiger partial charge is 0.394 e. The number of nitrogens with one attached hydrogen (secondary N) is 1. The van der Waals surface area contributed by atoms with Crippen molar-refractivity contribution in [1.29, 1.82) is 0 Å². The third-order valence-electron chi connectivity index (χ3n) is 14.5. The first kappa shape index (κ1) is 66.4. The van der Waals surface area contributed by atoms with Gasteiger partial charge in [-0.05, 0) is 51.4 Å². The van der Waals surface area contributed by atoms with E-state index in [1.807, 2.05) is 6.08 Å². The van der Waals surface area contributed by atoms with Crippen molar-refractivity contribution in [2.24, 2.45) is 0 Å². The fourth-order valence-electron chi connectivity index (χ4n) is 9.66. The van der Waals surface area contributed by atoms with E-state index >= 15 is 0 Å².